The molecule has 1 saturated heterocycles. The summed E-state index contributed by atoms with van der Waals surface area (Å²) in [6.45, 7) is 9.21. The summed E-state index contributed by atoms with van der Waals surface area (Å²) >= 11 is 0. The second kappa shape index (κ2) is 10.4. The predicted molar refractivity (Wildman–Crippen MR) is 144 cm³/mol. The van der Waals surface area contributed by atoms with Gasteiger partial charge in [-0.2, -0.15) is 0 Å². The molecule has 1 aromatic carbocycles. The van der Waals surface area contributed by atoms with Crippen LogP contribution in [0.2, 0.25) is 0 Å². The largest absolute Gasteiger partial charge is 0.496 e. The van der Waals surface area contributed by atoms with Gasteiger partial charge in [-0.25, -0.2) is 4.98 Å². The van der Waals surface area contributed by atoms with Crippen molar-refractivity contribution in [2.75, 3.05) is 48.4 Å². The minimum Gasteiger partial charge on any atom is -0.496 e. The van der Waals surface area contributed by atoms with Crippen LogP contribution in [0.1, 0.15) is 35.7 Å². The Morgan fingerprint density at radius 2 is 1.94 bits per heavy atom. The Labute approximate surface area is 211 Å². The highest BCUT2D eigenvalue weighted by molar-refractivity contribution is 5.82. The van der Waals surface area contributed by atoms with E-state index in [0.29, 0.717) is 24.7 Å². The van der Waals surface area contributed by atoms with Crippen LogP contribution >= 0.6 is 0 Å². The molecule has 2 aromatic heterocycles. The number of allylic oxidation sites excluding steroid dienone is 1. The van der Waals surface area contributed by atoms with E-state index in [1.165, 1.54) is 11.1 Å². The number of fused-ring (bicyclic) bond motifs is 1. The van der Waals surface area contributed by atoms with E-state index in [1.54, 1.807) is 13.2 Å². The molecule has 2 aliphatic rings. The lowest BCUT2D eigenvalue weighted by molar-refractivity contribution is 0.411. The zero-order valence-electron chi connectivity index (χ0n) is 21.1. The first-order chi connectivity index (χ1) is 17.6. The number of nitrogens with one attached hydrogen (secondary N) is 3. The molecule has 3 N–H and O–H groups in total. The maximum atomic E-state index is 12.7. The van der Waals surface area contributed by atoms with Crippen LogP contribution in [-0.2, 0) is 13.1 Å². The third kappa shape index (κ3) is 4.92. The first kappa shape index (κ1) is 23.9. The normalized spacial score (nSPS) is 15.7. The van der Waals surface area contributed by atoms with E-state index in [1.807, 2.05) is 25.4 Å². The fourth-order valence-corrected chi connectivity index (χ4v) is 4.89. The highest BCUT2D eigenvalue weighted by atomic mass is 16.5. The van der Waals surface area contributed by atoms with Crippen LogP contribution in [0.25, 0.3) is 5.70 Å². The van der Waals surface area contributed by atoms with E-state index >= 15 is 0 Å². The van der Waals surface area contributed by atoms with Gasteiger partial charge < -0.3 is 25.2 Å². The molecular weight excluding hydrogens is 454 g/mol. The van der Waals surface area contributed by atoms with Crippen LogP contribution in [0.3, 0.4) is 0 Å². The zero-order chi connectivity index (χ0) is 25.1. The highest BCUT2D eigenvalue weighted by Gasteiger charge is 2.23. The zero-order valence-corrected chi connectivity index (χ0v) is 21.1. The molecule has 4 heterocycles. The Kier molecular flexibility index (Phi) is 6.90. The summed E-state index contributed by atoms with van der Waals surface area (Å²) in [4.78, 5) is 29.4. The number of aromatic amines is 1. The molecular formula is C27H33N7O2. The average Bonchev–Trinajstić information content (AvgIpc) is 3.31. The highest BCUT2D eigenvalue weighted by Crippen LogP contribution is 2.32. The Balaban J connectivity index is 1.44. The summed E-state index contributed by atoms with van der Waals surface area (Å²) in [6.07, 6.45) is 6.51. The van der Waals surface area contributed by atoms with Gasteiger partial charge in [0.1, 0.15) is 5.75 Å². The summed E-state index contributed by atoms with van der Waals surface area (Å²) < 4.78 is 5.50. The Hall–Kier alpha value is -3.85. The standard InChI is InChI=1S/C27H33N7O2/c1-4-5-21(30-23-15-29-7-6-24(23)33-10-8-28-9-11-33)22-14-26(35)32-27(31-22)34-16-19-12-18(2)25(36-3)13-20(19)17-34/h5-7,12-15,28,30H,4,8-11,16-17H2,1-3H3,(H,31,32,35)/b21-5+. The van der Waals surface area contributed by atoms with Gasteiger partial charge in [-0.15, -0.1) is 0 Å². The molecule has 0 aliphatic carbocycles. The number of aryl methyl sites for hydroxylation is 1. The van der Waals surface area contributed by atoms with Gasteiger partial charge in [0, 0.05) is 51.5 Å². The number of piperazine rings is 1. The van der Waals surface area contributed by atoms with Gasteiger partial charge in [0.15, 0.2) is 0 Å². The Morgan fingerprint density at radius 1 is 1.17 bits per heavy atom. The molecule has 3 aromatic rings. The van der Waals surface area contributed by atoms with E-state index in [4.69, 9.17) is 9.72 Å². The van der Waals surface area contributed by atoms with Crippen molar-refractivity contribution in [2.45, 2.75) is 33.4 Å². The molecule has 5 rings (SSSR count). The Morgan fingerprint density at radius 3 is 2.69 bits per heavy atom. The number of H-pyrrole nitrogens is 1. The summed E-state index contributed by atoms with van der Waals surface area (Å²) in [7, 11) is 1.69. The number of hydrogen-bond acceptors (Lipinski definition) is 8. The molecule has 9 nitrogen and oxygen atoms in total. The lowest BCUT2D eigenvalue weighted by Crippen LogP contribution is -2.43. The van der Waals surface area contributed by atoms with Gasteiger partial charge in [-0.3, -0.25) is 14.8 Å². The second-order valence-corrected chi connectivity index (χ2v) is 9.18. The number of rotatable bonds is 7. The molecule has 0 spiro atoms. The van der Waals surface area contributed by atoms with E-state index < -0.39 is 0 Å². The van der Waals surface area contributed by atoms with Crippen molar-refractivity contribution in [3.63, 3.8) is 0 Å². The van der Waals surface area contributed by atoms with Gasteiger partial charge in [-0.05, 0) is 42.2 Å². The van der Waals surface area contributed by atoms with Gasteiger partial charge in [0.2, 0.25) is 5.95 Å². The molecule has 0 unspecified atom stereocenters. The number of hydrogen-bond donors (Lipinski definition) is 3. The van der Waals surface area contributed by atoms with Crippen LogP contribution in [-0.4, -0.2) is 48.2 Å². The van der Waals surface area contributed by atoms with Crippen LogP contribution in [0.5, 0.6) is 5.75 Å². The van der Waals surface area contributed by atoms with Gasteiger partial charge >= 0.3 is 0 Å². The molecule has 0 atom stereocenters. The van der Waals surface area contributed by atoms with Crippen LogP contribution in [0, 0.1) is 6.92 Å². The Bertz CT molecular complexity index is 1330. The van der Waals surface area contributed by atoms with Crippen molar-refractivity contribution in [1.82, 2.24) is 20.3 Å². The van der Waals surface area contributed by atoms with Gasteiger partial charge in [0.25, 0.3) is 5.56 Å². The summed E-state index contributed by atoms with van der Waals surface area (Å²) in [5.74, 6) is 1.43. The van der Waals surface area contributed by atoms with Crippen molar-refractivity contribution < 1.29 is 4.74 Å². The number of nitrogens with zero attached hydrogens (tertiary/aromatic N) is 4. The van der Waals surface area contributed by atoms with Crippen molar-refractivity contribution in [3.05, 3.63) is 75.5 Å². The monoisotopic (exact) mass is 487 g/mol. The topological polar surface area (TPSA) is 98.4 Å². The van der Waals surface area contributed by atoms with E-state index in [9.17, 15) is 4.79 Å². The number of methoxy groups -OCH3 is 1. The number of anilines is 3. The van der Waals surface area contributed by atoms with Crippen LogP contribution in [0.4, 0.5) is 17.3 Å². The van der Waals surface area contributed by atoms with Crippen molar-refractivity contribution in [1.29, 1.82) is 0 Å². The molecule has 0 radical (unpaired) electrons. The molecule has 0 amide bonds. The minimum atomic E-state index is -0.183. The second-order valence-electron chi connectivity index (χ2n) is 9.18. The summed E-state index contributed by atoms with van der Waals surface area (Å²) in [5.41, 5.74) is 6.72. The van der Waals surface area contributed by atoms with Crippen molar-refractivity contribution >= 4 is 23.0 Å². The maximum absolute atomic E-state index is 12.7. The molecule has 2 aliphatic heterocycles. The SMILES string of the molecule is CC/C=C(/Nc1cnccc1N1CCNCC1)c1cc(=O)[nH]c(N2Cc3cc(C)c(OC)cc3C2)n1. The number of ether oxygens (including phenoxy) is 1. The average molecular weight is 488 g/mol. The smallest absolute Gasteiger partial charge is 0.252 e. The van der Waals surface area contributed by atoms with E-state index in [0.717, 1.165) is 61.0 Å². The van der Waals surface area contributed by atoms with Gasteiger partial charge in [-0.1, -0.05) is 19.1 Å². The summed E-state index contributed by atoms with van der Waals surface area (Å²) in [6, 6.07) is 7.82. The van der Waals surface area contributed by atoms with Crippen molar-refractivity contribution in [2.24, 2.45) is 0 Å². The number of benzene rings is 1. The summed E-state index contributed by atoms with van der Waals surface area (Å²) in [5, 5.41) is 6.93. The maximum Gasteiger partial charge on any atom is 0.252 e. The molecule has 9 heteroatoms. The predicted octanol–water partition coefficient (Wildman–Crippen LogP) is 3.27. The third-order valence-electron chi connectivity index (χ3n) is 6.68. The lowest BCUT2D eigenvalue weighted by Gasteiger charge is -2.31. The molecule has 36 heavy (non-hydrogen) atoms. The molecule has 188 valence electrons. The quantitative estimate of drug-likeness (QED) is 0.467. The number of aromatic nitrogens is 3. The molecule has 0 saturated carbocycles. The van der Waals surface area contributed by atoms with Gasteiger partial charge in [0.05, 0.1) is 36.1 Å². The van der Waals surface area contributed by atoms with Crippen LogP contribution < -0.4 is 30.7 Å². The van der Waals surface area contributed by atoms with E-state index in [2.05, 4.69) is 55.5 Å². The first-order valence-electron chi connectivity index (χ1n) is 12.5. The van der Waals surface area contributed by atoms with Crippen molar-refractivity contribution in [3.8, 4) is 5.75 Å². The number of pyridine rings is 1. The third-order valence-corrected chi connectivity index (χ3v) is 6.68. The fraction of sp³-hybridized carbons (Fsp3) is 0.370. The molecule has 1 fully saturated rings. The lowest BCUT2D eigenvalue weighted by atomic mass is 10.1. The van der Waals surface area contributed by atoms with E-state index in [-0.39, 0.29) is 5.56 Å². The fourth-order valence-electron chi connectivity index (χ4n) is 4.89. The van der Waals surface area contributed by atoms with Crippen LogP contribution in [0.15, 0.2) is 47.5 Å². The minimum absolute atomic E-state index is 0.183. The first-order valence-corrected chi connectivity index (χ1v) is 12.5. The molecule has 0 bridgehead atoms.